The average molecular weight is 224 g/mol. The lowest BCUT2D eigenvalue weighted by atomic mass is 10.1. The van der Waals surface area contributed by atoms with Crippen molar-refractivity contribution in [3.05, 3.63) is 34.9 Å². The van der Waals surface area contributed by atoms with Crippen LogP contribution in [0, 0.1) is 0 Å². The highest BCUT2D eigenvalue weighted by Crippen LogP contribution is 2.27. The van der Waals surface area contributed by atoms with Gasteiger partial charge in [0.25, 0.3) is 0 Å². The molecule has 0 bridgehead atoms. The van der Waals surface area contributed by atoms with Crippen LogP contribution in [0.4, 0.5) is 0 Å². The fourth-order valence-corrected chi connectivity index (χ4v) is 1.71. The van der Waals surface area contributed by atoms with E-state index < -0.39 is 0 Å². The van der Waals surface area contributed by atoms with E-state index in [-0.39, 0.29) is 6.61 Å². The molecule has 4 heteroatoms. The Kier molecular flexibility index (Phi) is 2.75. The van der Waals surface area contributed by atoms with E-state index >= 15 is 0 Å². The number of hydrogen-bond donors (Lipinski definition) is 1. The number of methoxy groups -OCH3 is 1. The third-order valence-electron chi connectivity index (χ3n) is 2.24. The zero-order valence-electron chi connectivity index (χ0n) is 8.20. The third-order valence-corrected chi connectivity index (χ3v) is 2.69. The Morgan fingerprint density at radius 1 is 1.33 bits per heavy atom. The summed E-state index contributed by atoms with van der Waals surface area (Å²) in [6.07, 6.45) is 0. The van der Waals surface area contributed by atoms with Gasteiger partial charge in [0, 0.05) is 11.5 Å². The highest BCUT2D eigenvalue weighted by atomic mass is 35.5. The first-order valence-corrected chi connectivity index (χ1v) is 4.87. The second-order valence-corrected chi connectivity index (χ2v) is 3.50. The Labute approximate surface area is 92.3 Å². The summed E-state index contributed by atoms with van der Waals surface area (Å²) in [4.78, 5) is 4.24. The molecule has 0 unspecified atom stereocenters. The summed E-state index contributed by atoms with van der Waals surface area (Å²) in [5.41, 5.74) is 1.47. The molecular formula is C11H10ClNO2. The van der Waals surface area contributed by atoms with Crippen molar-refractivity contribution in [2.45, 2.75) is 6.61 Å². The zero-order valence-corrected chi connectivity index (χ0v) is 8.95. The first kappa shape index (κ1) is 10.2. The number of fused-ring (bicyclic) bond motifs is 1. The molecule has 1 N–H and O–H groups in total. The van der Waals surface area contributed by atoms with Crippen LogP contribution in [0.2, 0.25) is 5.02 Å². The largest absolute Gasteiger partial charge is 0.481 e. The Morgan fingerprint density at radius 3 is 2.80 bits per heavy atom. The highest BCUT2D eigenvalue weighted by Gasteiger charge is 2.06. The van der Waals surface area contributed by atoms with Crippen LogP contribution >= 0.6 is 11.6 Å². The predicted octanol–water partition coefficient (Wildman–Crippen LogP) is 2.39. The molecule has 0 aliphatic carbocycles. The SMILES string of the molecule is COc1ccc2c(Cl)c(CO)ccc2n1. The maximum atomic E-state index is 9.05. The van der Waals surface area contributed by atoms with Crippen molar-refractivity contribution < 1.29 is 9.84 Å². The van der Waals surface area contributed by atoms with Crippen molar-refractivity contribution >= 4 is 22.5 Å². The minimum atomic E-state index is -0.0686. The summed E-state index contributed by atoms with van der Waals surface area (Å²) in [6.45, 7) is -0.0686. The van der Waals surface area contributed by atoms with Crippen molar-refractivity contribution in [2.75, 3.05) is 7.11 Å². The molecule has 1 aromatic heterocycles. The second kappa shape index (κ2) is 4.04. The molecule has 15 heavy (non-hydrogen) atoms. The van der Waals surface area contributed by atoms with Crippen LogP contribution in [-0.2, 0) is 6.61 Å². The fraction of sp³-hybridized carbons (Fsp3) is 0.182. The Balaban J connectivity index is 2.68. The van der Waals surface area contributed by atoms with E-state index in [0.29, 0.717) is 16.5 Å². The molecule has 78 valence electrons. The molecule has 0 radical (unpaired) electrons. The lowest BCUT2D eigenvalue weighted by Gasteiger charge is -2.06. The van der Waals surface area contributed by atoms with Crippen LogP contribution in [0.15, 0.2) is 24.3 Å². The number of aliphatic hydroxyl groups excluding tert-OH is 1. The van der Waals surface area contributed by atoms with Crippen LogP contribution in [0.25, 0.3) is 10.9 Å². The minimum Gasteiger partial charge on any atom is -0.481 e. The Morgan fingerprint density at radius 2 is 2.13 bits per heavy atom. The molecule has 0 amide bonds. The van der Waals surface area contributed by atoms with Gasteiger partial charge >= 0.3 is 0 Å². The van der Waals surface area contributed by atoms with Crippen molar-refractivity contribution in [1.82, 2.24) is 4.98 Å². The fourth-order valence-electron chi connectivity index (χ4n) is 1.43. The van der Waals surface area contributed by atoms with E-state index in [0.717, 1.165) is 10.9 Å². The lowest BCUT2D eigenvalue weighted by Crippen LogP contribution is -1.91. The van der Waals surface area contributed by atoms with Gasteiger partial charge < -0.3 is 9.84 Å². The topological polar surface area (TPSA) is 42.4 Å². The molecule has 0 saturated carbocycles. The van der Waals surface area contributed by atoms with Gasteiger partial charge in [0.1, 0.15) is 0 Å². The van der Waals surface area contributed by atoms with E-state index in [1.165, 1.54) is 0 Å². The number of halogens is 1. The van der Waals surface area contributed by atoms with Gasteiger partial charge in [-0.05, 0) is 17.7 Å². The van der Waals surface area contributed by atoms with E-state index in [4.69, 9.17) is 21.4 Å². The molecule has 0 fully saturated rings. The van der Waals surface area contributed by atoms with Gasteiger partial charge in [-0.15, -0.1) is 0 Å². The normalized spacial score (nSPS) is 10.6. The number of aromatic nitrogens is 1. The van der Waals surface area contributed by atoms with Crippen molar-refractivity contribution in [3.8, 4) is 5.88 Å². The monoisotopic (exact) mass is 223 g/mol. The molecule has 0 saturated heterocycles. The molecular weight excluding hydrogens is 214 g/mol. The van der Waals surface area contributed by atoms with E-state index in [9.17, 15) is 0 Å². The smallest absolute Gasteiger partial charge is 0.213 e. The van der Waals surface area contributed by atoms with Crippen molar-refractivity contribution in [3.63, 3.8) is 0 Å². The maximum absolute atomic E-state index is 9.05. The summed E-state index contributed by atoms with van der Waals surface area (Å²) in [5, 5.41) is 10.4. The number of hydrogen-bond acceptors (Lipinski definition) is 3. The van der Waals surface area contributed by atoms with Crippen LogP contribution in [0.3, 0.4) is 0 Å². The van der Waals surface area contributed by atoms with Gasteiger partial charge in [0.05, 0.1) is 24.3 Å². The number of nitrogens with zero attached hydrogens (tertiary/aromatic N) is 1. The number of rotatable bonds is 2. The van der Waals surface area contributed by atoms with Crippen molar-refractivity contribution in [1.29, 1.82) is 0 Å². The molecule has 0 atom stereocenters. The lowest BCUT2D eigenvalue weighted by molar-refractivity contribution is 0.282. The minimum absolute atomic E-state index is 0.0686. The van der Waals surface area contributed by atoms with Crippen LogP contribution in [0.1, 0.15) is 5.56 Å². The molecule has 1 aromatic carbocycles. The standard InChI is InChI=1S/C11H10ClNO2/c1-15-10-5-3-8-9(13-10)4-2-7(6-14)11(8)12/h2-5,14H,6H2,1H3. The maximum Gasteiger partial charge on any atom is 0.213 e. The highest BCUT2D eigenvalue weighted by molar-refractivity contribution is 6.36. The Hall–Kier alpha value is -1.32. The van der Waals surface area contributed by atoms with E-state index in [1.807, 2.05) is 12.1 Å². The van der Waals surface area contributed by atoms with Gasteiger partial charge in [0.15, 0.2) is 0 Å². The number of benzene rings is 1. The molecule has 0 aliphatic heterocycles. The van der Waals surface area contributed by atoms with Gasteiger partial charge in [-0.3, -0.25) is 0 Å². The molecule has 0 aliphatic rings. The van der Waals surface area contributed by atoms with Gasteiger partial charge in [-0.25, -0.2) is 4.98 Å². The van der Waals surface area contributed by atoms with Crippen molar-refractivity contribution in [2.24, 2.45) is 0 Å². The summed E-state index contributed by atoms with van der Waals surface area (Å²) in [7, 11) is 1.57. The molecule has 2 aromatic rings. The van der Waals surface area contributed by atoms with E-state index in [2.05, 4.69) is 4.98 Å². The third kappa shape index (κ3) is 1.76. The first-order chi connectivity index (χ1) is 7.26. The molecule has 0 spiro atoms. The summed E-state index contributed by atoms with van der Waals surface area (Å²) < 4.78 is 5.02. The van der Waals surface area contributed by atoms with Gasteiger partial charge in [-0.1, -0.05) is 17.7 Å². The quantitative estimate of drug-likeness (QED) is 0.850. The van der Waals surface area contributed by atoms with Crippen LogP contribution < -0.4 is 4.74 Å². The zero-order chi connectivity index (χ0) is 10.8. The Bertz CT molecular complexity index is 499. The number of ether oxygens (including phenoxy) is 1. The summed E-state index contributed by atoms with van der Waals surface area (Å²) >= 11 is 6.10. The second-order valence-electron chi connectivity index (χ2n) is 3.12. The molecule has 3 nitrogen and oxygen atoms in total. The van der Waals surface area contributed by atoms with Gasteiger partial charge in [0.2, 0.25) is 5.88 Å². The van der Waals surface area contributed by atoms with Crippen LogP contribution in [-0.4, -0.2) is 17.2 Å². The van der Waals surface area contributed by atoms with E-state index in [1.54, 1.807) is 19.2 Å². The predicted molar refractivity (Wildman–Crippen MR) is 59.2 cm³/mol. The van der Waals surface area contributed by atoms with Crippen LogP contribution in [0.5, 0.6) is 5.88 Å². The molecule has 2 rings (SSSR count). The van der Waals surface area contributed by atoms with Gasteiger partial charge in [-0.2, -0.15) is 0 Å². The average Bonchev–Trinajstić information content (AvgIpc) is 2.29. The number of pyridine rings is 1. The summed E-state index contributed by atoms with van der Waals surface area (Å²) in [6, 6.07) is 7.16. The molecule has 1 heterocycles. The first-order valence-electron chi connectivity index (χ1n) is 4.49. The number of aliphatic hydroxyl groups is 1. The summed E-state index contributed by atoms with van der Waals surface area (Å²) in [5.74, 6) is 0.551.